The zero-order valence-electron chi connectivity index (χ0n) is 10.2. The van der Waals surface area contributed by atoms with Crippen molar-refractivity contribution in [1.82, 2.24) is 5.32 Å². The maximum Gasteiger partial charge on any atom is 0.230 e. The van der Waals surface area contributed by atoms with E-state index < -0.39 is 0 Å². The van der Waals surface area contributed by atoms with Gasteiger partial charge < -0.3 is 10.6 Å². The maximum absolute atomic E-state index is 12.3. The molecule has 1 aromatic rings. The van der Waals surface area contributed by atoms with Gasteiger partial charge in [0.2, 0.25) is 5.91 Å². The summed E-state index contributed by atoms with van der Waals surface area (Å²) >= 11 is 11.8. The van der Waals surface area contributed by atoms with Crippen LogP contribution in [0.2, 0.25) is 10.0 Å². The molecule has 1 aliphatic rings. The van der Waals surface area contributed by atoms with Gasteiger partial charge in [-0.15, -0.1) is 0 Å². The van der Waals surface area contributed by atoms with Crippen molar-refractivity contribution < 1.29 is 4.79 Å². The van der Waals surface area contributed by atoms with Crippen LogP contribution in [-0.4, -0.2) is 19.0 Å². The Bertz CT molecular complexity index is 456. The van der Waals surface area contributed by atoms with Crippen LogP contribution in [0.3, 0.4) is 0 Å². The molecule has 98 valence electrons. The average Bonchev–Trinajstić information content (AvgIpc) is 2.35. The molecule has 0 unspecified atom stereocenters. The van der Waals surface area contributed by atoms with E-state index in [1.165, 1.54) is 0 Å². The smallest absolute Gasteiger partial charge is 0.230 e. The highest BCUT2D eigenvalue weighted by Gasteiger charge is 2.34. The summed E-state index contributed by atoms with van der Waals surface area (Å²) in [6.45, 7) is 3.76. The Morgan fingerprint density at radius 3 is 2.56 bits per heavy atom. The van der Waals surface area contributed by atoms with Crippen molar-refractivity contribution in [1.29, 1.82) is 0 Å². The molecule has 18 heavy (non-hydrogen) atoms. The summed E-state index contributed by atoms with van der Waals surface area (Å²) in [5.41, 5.74) is 0.381. The van der Waals surface area contributed by atoms with E-state index in [1.54, 1.807) is 18.2 Å². The van der Waals surface area contributed by atoms with E-state index in [0.717, 1.165) is 25.9 Å². The lowest BCUT2D eigenvalue weighted by Gasteiger charge is -2.32. The molecule has 0 aromatic heterocycles. The Hall–Kier alpha value is -0.770. The number of hydrogen-bond acceptors (Lipinski definition) is 2. The summed E-state index contributed by atoms with van der Waals surface area (Å²) < 4.78 is 0. The monoisotopic (exact) mass is 286 g/mol. The third-order valence-electron chi connectivity index (χ3n) is 3.43. The lowest BCUT2D eigenvalue weighted by molar-refractivity contribution is -0.126. The van der Waals surface area contributed by atoms with Gasteiger partial charge in [0.05, 0.1) is 10.0 Å². The minimum atomic E-state index is -0.308. The lowest BCUT2D eigenvalue weighted by Crippen LogP contribution is -2.42. The second kappa shape index (κ2) is 5.47. The molecule has 0 atom stereocenters. The van der Waals surface area contributed by atoms with Crippen molar-refractivity contribution in [3.63, 3.8) is 0 Å². The van der Waals surface area contributed by atoms with Crippen molar-refractivity contribution in [2.45, 2.75) is 19.8 Å². The first-order valence-electron chi connectivity index (χ1n) is 5.98. The number of benzene rings is 1. The van der Waals surface area contributed by atoms with Gasteiger partial charge in [-0.1, -0.05) is 30.1 Å². The molecule has 1 amide bonds. The van der Waals surface area contributed by atoms with Crippen molar-refractivity contribution >= 4 is 34.8 Å². The van der Waals surface area contributed by atoms with Crippen molar-refractivity contribution in [3.05, 3.63) is 28.2 Å². The van der Waals surface area contributed by atoms with Gasteiger partial charge in [0, 0.05) is 11.1 Å². The summed E-state index contributed by atoms with van der Waals surface area (Å²) in [7, 11) is 0. The highest BCUT2D eigenvalue weighted by molar-refractivity contribution is 6.42. The molecule has 3 nitrogen and oxygen atoms in total. The summed E-state index contributed by atoms with van der Waals surface area (Å²) in [5.74, 6) is 0.0439. The Kier molecular flexibility index (Phi) is 4.15. The topological polar surface area (TPSA) is 41.1 Å². The van der Waals surface area contributed by atoms with E-state index in [1.807, 2.05) is 6.92 Å². The number of amides is 1. The van der Waals surface area contributed by atoms with Gasteiger partial charge >= 0.3 is 0 Å². The first-order chi connectivity index (χ1) is 8.51. The van der Waals surface area contributed by atoms with Crippen molar-refractivity contribution in [3.8, 4) is 0 Å². The molecule has 2 N–H and O–H groups in total. The molecule has 0 saturated carbocycles. The Balaban J connectivity index is 2.08. The van der Waals surface area contributed by atoms with Crippen LogP contribution in [0.15, 0.2) is 18.2 Å². The minimum absolute atomic E-state index is 0.0439. The molecule has 0 aliphatic carbocycles. The number of halogens is 2. The summed E-state index contributed by atoms with van der Waals surface area (Å²) in [6, 6.07) is 5.12. The normalized spacial score (nSPS) is 18.4. The maximum atomic E-state index is 12.3. The van der Waals surface area contributed by atoms with E-state index in [2.05, 4.69) is 10.6 Å². The molecule has 0 radical (unpaired) electrons. The second-order valence-electron chi connectivity index (χ2n) is 4.89. The molecule has 0 bridgehead atoms. The van der Waals surface area contributed by atoms with Crippen LogP contribution in [0.25, 0.3) is 0 Å². The van der Waals surface area contributed by atoms with Crippen LogP contribution in [0, 0.1) is 5.41 Å². The standard InChI is InChI=1S/C13H16Cl2N2O/c1-13(4-6-16-7-5-13)12(18)17-9-2-3-10(14)11(15)8-9/h2-3,8,16H,4-7H2,1H3,(H,17,18). The zero-order chi connectivity index (χ0) is 13.2. The van der Waals surface area contributed by atoms with Gasteiger partial charge in [-0.05, 0) is 44.1 Å². The highest BCUT2D eigenvalue weighted by atomic mass is 35.5. The predicted molar refractivity (Wildman–Crippen MR) is 75.3 cm³/mol. The minimum Gasteiger partial charge on any atom is -0.326 e. The third kappa shape index (κ3) is 2.97. The predicted octanol–water partition coefficient (Wildman–Crippen LogP) is 3.32. The Labute approximate surface area is 117 Å². The van der Waals surface area contributed by atoms with Crippen LogP contribution in [0.4, 0.5) is 5.69 Å². The van der Waals surface area contributed by atoms with Gasteiger partial charge in [-0.3, -0.25) is 4.79 Å². The number of anilines is 1. The van der Waals surface area contributed by atoms with Crippen molar-refractivity contribution in [2.24, 2.45) is 5.41 Å². The summed E-state index contributed by atoms with van der Waals surface area (Å²) in [6.07, 6.45) is 1.69. The van der Waals surface area contributed by atoms with Crippen LogP contribution in [0.5, 0.6) is 0 Å². The van der Waals surface area contributed by atoms with E-state index >= 15 is 0 Å². The molecule has 0 spiro atoms. The zero-order valence-corrected chi connectivity index (χ0v) is 11.7. The van der Waals surface area contributed by atoms with Crippen LogP contribution < -0.4 is 10.6 Å². The van der Waals surface area contributed by atoms with E-state index in [-0.39, 0.29) is 11.3 Å². The van der Waals surface area contributed by atoms with Crippen molar-refractivity contribution in [2.75, 3.05) is 18.4 Å². The number of rotatable bonds is 2. The average molecular weight is 287 g/mol. The molecule has 2 rings (SSSR count). The number of nitrogens with one attached hydrogen (secondary N) is 2. The van der Waals surface area contributed by atoms with E-state index in [9.17, 15) is 4.79 Å². The second-order valence-corrected chi connectivity index (χ2v) is 5.71. The summed E-state index contributed by atoms with van der Waals surface area (Å²) in [5, 5.41) is 7.10. The van der Waals surface area contributed by atoms with Gasteiger partial charge in [0.15, 0.2) is 0 Å². The lowest BCUT2D eigenvalue weighted by atomic mass is 9.80. The number of piperidine rings is 1. The molecule has 1 aliphatic heterocycles. The van der Waals surface area contributed by atoms with Gasteiger partial charge in [-0.2, -0.15) is 0 Å². The fourth-order valence-corrected chi connectivity index (χ4v) is 2.36. The molecular formula is C13H16Cl2N2O. The number of carbonyl (C=O) groups excluding carboxylic acids is 1. The van der Waals surface area contributed by atoms with Crippen LogP contribution >= 0.6 is 23.2 Å². The van der Waals surface area contributed by atoms with Gasteiger partial charge in [0.1, 0.15) is 0 Å². The molecular weight excluding hydrogens is 271 g/mol. The first-order valence-corrected chi connectivity index (χ1v) is 6.74. The largest absolute Gasteiger partial charge is 0.326 e. The van der Waals surface area contributed by atoms with Crippen LogP contribution in [0.1, 0.15) is 19.8 Å². The van der Waals surface area contributed by atoms with Crippen LogP contribution in [-0.2, 0) is 4.79 Å². The molecule has 1 saturated heterocycles. The quantitative estimate of drug-likeness (QED) is 0.876. The molecule has 5 heteroatoms. The molecule has 1 fully saturated rings. The molecule has 1 aromatic carbocycles. The third-order valence-corrected chi connectivity index (χ3v) is 4.17. The Morgan fingerprint density at radius 2 is 1.94 bits per heavy atom. The van der Waals surface area contributed by atoms with E-state index in [4.69, 9.17) is 23.2 Å². The fourth-order valence-electron chi connectivity index (χ4n) is 2.06. The van der Waals surface area contributed by atoms with Gasteiger partial charge in [0.25, 0.3) is 0 Å². The van der Waals surface area contributed by atoms with E-state index in [0.29, 0.717) is 15.7 Å². The number of hydrogen-bond donors (Lipinski definition) is 2. The summed E-state index contributed by atoms with van der Waals surface area (Å²) in [4.78, 5) is 12.3. The fraction of sp³-hybridized carbons (Fsp3) is 0.462. The number of carbonyl (C=O) groups is 1. The molecule has 1 heterocycles. The highest BCUT2D eigenvalue weighted by Crippen LogP contribution is 2.31. The first kappa shape index (κ1) is 13.7. The Morgan fingerprint density at radius 1 is 1.28 bits per heavy atom. The SMILES string of the molecule is CC1(C(=O)Nc2ccc(Cl)c(Cl)c2)CCNCC1. The van der Waals surface area contributed by atoms with Gasteiger partial charge in [-0.25, -0.2) is 0 Å².